The van der Waals surface area contributed by atoms with Crippen molar-refractivity contribution in [1.29, 1.82) is 0 Å². The normalized spacial score (nSPS) is 14.6. The van der Waals surface area contributed by atoms with Gasteiger partial charge in [0.2, 0.25) is 5.91 Å². The third-order valence-corrected chi connectivity index (χ3v) is 4.58. The Balaban J connectivity index is 1.50. The van der Waals surface area contributed by atoms with Gasteiger partial charge in [-0.2, -0.15) is 13.2 Å². The minimum atomic E-state index is -4.56. The van der Waals surface area contributed by atoms with Gasteiger partial charge in [0.15, 0.2) is 0 Å². The molecule has 0 atom stereocenters. The van der Waals surface area contributed by atoms with E-state index in [4.69, 9.17) is 0 Å². The lowest BCUT2D eigenvalue weighted by Gasteiger charge is -2.28. The lowest BCUT2D eigenvalue weighted by molar-refractivity contribution is -0.138. The highest BCUT2D eigenvalue weighted by atomic mass is 19.4. The summed E-state index contributed by atoms with van der Waals surface area (Å²) in [7, 11) is 0. The highest BCUT2D eigenvalue weighted by Crippen LogP contribution is 2.27. The van der Waals surface area contributed by atoms with Gasteiger partial charge in [-0.15, -0.1) is 0 Å². The van der Waals surface area contributed by atoms with Gasteiger partial charge in [-0.25, -0.2) is 0 Å². The van der Waals surface area contributed by atoms with E-state index in [0.29, 0.717) is 25.4 Å². The number of pyridine rings is 1. The molecule has 0 spiro atoms. The number of rotatable bonds is 5. The number of nitrogens with zero attached hydrogens (tertiary/aromatic N) is 2. The molecule has 0 radical (unpaired) electrons. The lowest BCUT2D eigenvalue weighted by atomic mass is 10.00. The van der Waals surface area contributed by atoms with Gasteiger partial charge in [-0.05, 0) is 23.6 Å². The number of alkyl halides is 3. The molecular formula is C19H20F3N3O2. The molecule has 2 heterocycles. The second kappa shape index (κ2) is 7.96. The number of fused-ring (bicyclic) bond motifs is 1. The van der Waals surface area contributed by atoms with E-state index >= 15 is 0 Å². The summed E-state index contributed by atoms with van der Waals surface area (Å²) < 4.78 is 39.0. The molecule has 0 unspecified atom stereocenters. The van der Waals surface area contributed by atoms with Crippen molar-refractivity contribution in [1.82, 2.24) is 14.8 Å². The molecule has 1 amide bonds. The fourth-order valence-corrected chi connectivity index (χ4v) is 3.13. The molecule has 1 aromatic heterocycles. The van der Waals surface area contributed by atoms with Crippen LogP contribution in [0, 0.1) is 0 Å². The maximum Gasteiger partial charge on any atom is 0.417 e. The molecule has 0 saturated carbocycles. The van der Waals surface area contributed by atoms with Crippen molar-refractivity contribution >= 4 is 5.91 Å². The summed E-state index contributed by atoms with van der Waals surface area (Å²) in [6.45, 7) is 2.26. The first-order valence-corrected chi connectivity index (χ1v) is 8.66. The number of aromatic nitrogens is 1. The Hall–Kier alpha value is -2.61. The highest BCUT2D eigenvalue weighted by molar-refractivity contribution is 5.75. The number of hydrogen-bond donors (Lipinski definition) is 1. The first-order valence-electron chi connectivity index (χ1n) is 8.66. The van der Waals surface area contributed by atoms with Crippen LogP contribution < -0.4 is 10.9 Å². The molecule has 0 bridgehead atoms. The van der Waals surface area contributed by atoms with E-state index in [1.165, 1.54) is 11.1 Å². The molecule has 0 saturated heterocycles. The molecule has 5 nitrogen and oxygen atoms in total. The number of halogens is 3. The molecule has 1 aromatic carbocycles. The zero-order chi connectivity index (χ0) is 19.4. The minimum absolute atomic E-state index is 0.370. The van der Waals surface area contributed by atoms with Crippen LogP contribution in [0.25, 0.3) is 0 Å². The average Bonchev–Trinajstić information content (AvgIpc) is 2.62. The maximum atomic E-state index is 12.7. The number of benzene rings is 1. The van der Waals surface area contributed by atoms with E-state index in [2.05, 4.69) is 22.3 Å². The van der Waals surface area contributed by atoms with Gasteiger partial charge in [0.25, 0.3) is 5.56 Å². The first kappa shape index (κ1) is 19.2. The fraction of sp³-hybridized carbons (Fsp3) is 0.368. The van der Waals surface area contributed by atoms with Crippen molar-refractivity contribution in [2.75, 3.05) is 19.6 Å². The first-order chi connectivity index (χ1) is 12.8. The molecule has 1 aliphatic rings. The highest BCUT2D eigenvalue weighted by Gasteiger charge is 2.31. The lowest BCUT2D eigenvalue weighted by Crippen LogP contribution is -2.39. The quantitative estimate of drug-likeness (QED) is 0.865. The second-order valence-electron chi connectivity index (χ2n) is 6.53. The Labute approximate surface area is 154 Å². The predicted octanol–water partition coefficient (Wildman–Crippen LogP) is 2.04. The minimum Gasteiger partial charge on any atom is -0.353 e. The molecule has 1 N–H and O–H groups in total. The van der Waals surface area contributed by atoms with Gasteiger partial charge in [0.05, 0.1) is 5.56 Å². The maximum absolute atomic E-state index is 12.7. The largest absolute Gasteiger partial charge is 0.417 e. The van der Waals surface area contributed by atoms with Gasteiger partial charge in [0.1, 0.15) is 6.54 Å². The smallest absolute Gasteiger partial charge is 0.353 e. The molecule has 3 rings (SSSR count). The standard InChI is InChI=1S/C19H20F3N3O2/c20-19(21,22)16-5-6-18(27)25(12-16)13-17(26)23-8-10-24-9-7-14-3-1-2-4-15(14)11-24/h1-6,12H,7-11,13H2,(H,23,26). The molecule has 0 aliphatic carbocycles. The average molecular weight is 379 g/mol. The van der Waals surface area contributed by atoms with Crippen LogP contribution in [0.1, 0.15) is 16.7 Å². The van der Waals surface area contributed by atoms with Crippen LogP contribution in [-0.2, 0) is 30.5 Å². The van der Waals surface area contributed by atoms with Crippen LogP contribution in [0.3, 0.4) is 0 Å². The summed E-state index contributed by atoms with van der Waals surface area (Å²) in [5.74, 6) is -0.492. The van der Waals surface area contributed by atoms with E-state index in [0.717, 1.165) is 30.1 Å². The molecule has 1 aliphatic heterocycles. The third kappa shape index (κ3) is 4.97. The Morgan fingerprint density at radius 3 is 2.59 bits per heavy atom. The van der Waals surface area contributed by atoms with Crippen LogP contribution in [0.5, 0.6) is 0 Å². The van der Waals surface area contributed by atoms with Crippen molar-refractivity contribution in [3.8, 4) is 0 Å². The van der Waals surface area contributed by atoms with Crippen LogP contribution in [0.2, 0.25) is 0 Å². The third-order valence-electron chi connectivity index (χ3n) is 4.58. The van der Waals surface area contributed by atoms with Gasteiger partial charge in [-0.3, -0.25) is 14.5 Å². The summed E-state index contributed by atoms with van der Waals surface area (Å²) in [5, 5.41) is 2.67. The molecule has 144 valence electrons. The van der Waals surface area contributed by atoms with Crippen LogP contribution >= 0.6 is 0 Å². The van der Waals surface area contributed by atoms with Crippen LogP contribution in [0.15, 0.2) is 47.4 Å². The van der Waals surface area contributed by atoms with E-state index < -0.39 is 29.8 Å². The summed E-state index contributed by atoms with van der Waals surface area (Å²) in [4.78, 5) is 25.9. The van der Waals surface area contributed by atoms with Crippen molar-refractivity contribution in [3.63, 3.8) is 0 Å². The predicted molar refractivity (Wildman–Crippen MR) is 94.1 cm³/mol. The van der Waals surface area contributed by atoms with E-state index in [1.807, 2.05) is 12.1 Å². The zero-order valence-electron chi connectivity index (χ0n) is 14.6. The fourth-order valence-electron chi connectivity index (χ4n) is 3.13. The van der Waals surface area contributed by atoms with E-state index in [1.54, 1.807) is 0 Å². The van der Waals surface area contributed by atoms with E-state index in [-0.39, 0.29) is 0 Å². The Bertz CT molecular complexity index is 877. The molecule has 0 fully saturated rings. The number of hydrogen-bond acceptors (Lipinski definition) is 3. The number of amides is 1. The molecule has 2 aromatic rings. The van der Waals surface area contributed by atoms with Gasteiger partial charge in [0, 0.05) is 38.4 Å². The number of carbonyl (C=O) groups is 1. The monoisotopic (exact) mass is 379 g/mol. The molecule has 8 heteroatoms. The van der Waals surface area contributed by atoms with Crippen molar-refractivity contribution in [2.45, 2.75) is 25.7 Å². The van der Waals surface area contributed by atoms with Crippen molar-refractivity contribution in [3.05, 3.63) is 69.6 Å². The van der Waals surface area contributed by atoms with Gasteiger partial charge < -0.3 is 9.88 Å². The van der Waals surface area contributed by atoms with Crippen LogP contribution in [0.4, 0.5) is 13.2 Å². The molecule has 27 heavy (non-hydrogen) atoms. The second-order valence-corrected chi connectivity index (χ2v) is 6.53. The topological polar surface area (TPSA) is 54.3 Å². The van der Waals surface area contributed by atoms with E-state index in [9.17, 15) is 22.8 Å². The number of nitrogens with one attached hydrogen (secondary N) is 1. The summed E-state index contributed by atoms with van der Waals surface area (Å²) in [6, 6.07) is 9.74. The summed E-state index contributed by atoms with van der Waals surface area (Å²) >= 11 is 0. The zero-order valence-corrected chi connectivity index (χ0v) is 14.6. The van der Waals surface area contributed by atoms with Gasteiger partial charge >= 0.3 is 6.18 Å². The van der Waals surface area contributed by atoms with Gasteiger partial charge in [-0.1, -0.05) is 24.3 Å². The van der Waals surface area contributed by atoms with Crippen molar-refractivity contribution in [2.24, 2.45) is 0 Å². The summed E-state index contributed by atoms with van der Waals surface area (Å²) in [5.41, 5.74) is 1.000. The Kier molecular flexibility index (Phi) is 5.65. The Morgan fingerprint density at radius 2 is 1.85 bits per heavy atom. The van der Waals surface area contributed by atoms with Crippen molar-refractivity contribution < 1.29 is 18.0 Å². The number of carbonyl (C=O) groups excluding carboxylic acids is 1. The Morgan fingerprint density at radius 1 is 1.11 bits per heavy atom. The summed E-state index contributed by atoms with van der Waals surface area (Å²) in [6.07, 6.45) is -2.94. The van der Waals surface area contributed by atoms with Crippen LogP contribution in [-0.4, -0.2) is 35.0 Å². The molecular weight excluding hydrogens is 359 g/mol. The SMILES string of the molecule is O=C(Cn1cc(C(F)(F)F)ccc1=O)NCCN1CCc2ccccc2C1.